The van der Waals surface area contributed by atoms with E-state index in [0.29, 0.717) is 5.56 Å². The summed E-state index contributed by atoms with van der Waals surface area (Å²) in [7, 11) is 2.10. The molecule has 0 fully saturated rings. The molecular formula is C24H27N2+. The maximum Gasteiger partial charge on any atom is 0.295 e. The van der Waals surface area contributed by atoms with E-state index in [2.05, 4.69) is 75.0 Å². The summed E-state index contributed by atoms with van der Waals surface area (Å²) in [5.41, 5.74) is 5.95. The predicted molar refractivity (Wildman–Crippen MR) is 109 cm³/mol. The van der Waals surface area contributed by atoms with Gasteiger partial charge in [0.05, 0.1) is 12.4 Å². The summed E-state index contributed by atoms with van der Waals surface area (Å²) in [6.45, 7) is 9.09. The Balaban J connectivity index is 2.25. The molecule has 0 atom stereocenters. The lowest BCUT2D eigenvalue weighted by Gasteiger charge is -2.43. The van der Waals surface area contributed by atoms with E-state index in [0.717, 1.165) is 32.9 Å². The van der Waals surface area contributed by atoms with Crippen molar-refractivity contribution < 1.29 is 8.68 Å². The smallest absolute Gasteiger partial charge is 0.232 e. The van der Waals surface area contributed by atoms with E-state index >= 15 is 0 Å². The Kier molecular flexibility index (Phi) is 2.23. The van der Waals surface area contributed by atoms with Crippen molar-refractivity contribution in [3.8, 4) is 0 Å². The van der Waals surface area contributed by atoms with Crippen LogP contribution < -0.4 is 4.57 Å². The molecule has 2 aromatic carbocycles. The number of aryl methyl sites for hydroxylation is 3. The Labute approximate surface area is 159 Å². The number of aromatic nitrogens is 2. The standard InChI is InChI=1S/C24H27N2/c1-14-9-8-10-16-19-15(2)11-12-17-21(19)26-18(24(5,6)23(17,3)4)13-25(7)22(26)20(14)16/h8-13H,1-7H3/q+1/i2D3. The number of imidazole rings is 1. The van der Waals surface area contributed by atoms with Crippen molar-refractivity contribution in [2.75, 3.05) is 0 Å². The third-order valence-electron chi connectivity index (χ3n) is 7.15. The molecule has 132 valence electrons. The molecular weight excluding hydrogens is 316 g/mol. The summed E-state index contributed by atoms with van der Waals surface area (Å²) in [5, 5.41) is 3.03. The summed E-state index contributed by atoms with van der Waals surface area (Å²) in [4.78, 5) is 0. The first-order valence-electron chi connectivity index (χ1n) is 10.8. The summed E-state index contributed by atoms with van der Waals surface area (Å²) >= 11 is 0. The van der Waals surface area contributed by atoms with E-state index in [1.165, 1.54) is 11.3 Å². The summed E-state index contributed by atoms with van der Waals surface area (Å²) < 4.78 is 29.2. The van der Waals surface area contributed by atoms with Gasteiger partial charge in [-0.15, -0.1) is 0 Å². The van der Waals surface area contributed by atoms with Crippen LogP contribution in [0.15, 0.2) is 36.5 Å². The summed E-state index contributed by atoms with van der Waals surface area (Å²) in [5.74, 6) is 0. The van der Waals surface area contributed by atoms with Gasteiger partial charge in [-0.1, -0.05) is 58.0 Å². The largest absolute Gasteiger partial charge is 0.295 e. The van der Waals surface area contributed by atoms with E-state index in [1.807, 2.05) is 12.1 Å². The molecule has 0 saturated heterocycles. The molecule has 2 nitrogen and oxygen atoms in total. The monoisotopic (exact) mass is 346 g/mol. The van der Waals surface area contributed by atoms with Gasteiger partial charge in [0.1, 0.15) is 11.7 Å². The number of hydrogen-bond donors (Lipinski definition) is 0. The van der Waals surface area contributed by atoms with Gasteiger partial charge in [-0.05, 0) is 24.9 Å². The molecule has 0 N–H and O–H groups in total. The number of benzene rings is 2. The first-order chi connectivity index (χ1) is 13.4. The third kappa shape index (κ3) is 1.53. The average Bonchev–Trinajstić information content (AvgIpc) is 2.97. The molecule has 0 radical (unpaired) electrons. The summed E-state index contributed by atoms with van der Waals surface area (Å²) in [6.07, 6.45) is 2.23. The highest BCUT2D eigenvalue weighted by Crippen LogP contribution is 2.51. The van der Waals surface area contributed by atoms with Gasteiger partial charge in [0, 0.05) is 31.3 Å². The fourth-order valence-electron chi connectivity index (χ4n) is 4.96. The van der Waals surface area contributed by atoms with Crippen molar-refractivity contribution >= 4 is 27.3 Å². The molecule has 5 rings (SSSR count). The minimum atomic E-state index is -2.17. The highest BCUT2D eigenvalue weighted by Gasteiger charge is 2.50. The molecule has 0 amide bonds. The molecule has 0 spiro atoms. The second-order valence-corrected chi connectivity index (χ2v) is 8.92. The zero-order chi connectivity index (χ0) is 21.1. The normalized spacial score (nSPS) is 19.8. The lowest BCUT2D eigenvalue weighted by Crippen LogP contribution is -2.44. The second kappa shape index (κ2) is 4.49. The van der Waals surface area contributed by atoms with Gasteiger partial charge in [-0.25, -0.2) is 4.57 Å². The first-order valence-corrected chi connectivity index (χ1v) is 9.29. The molecule has 0 unspecified atom stereocenters. The fourth-order valence-corrected chi connectivity index (χ4v) is 4.96. The first kappa shape index (κ1) is 12.9. The minimum absolute atomic E-state index is 0.116. The van der Waals surface area contributed by atoms with Crippen LogP contribution in [-0.2, 0) is 17.9 Å². The average molecular weight is 347 g/mol. The van der Waals surface area contributed by atoms with Crippen molar-refractivity contribution in [2.24, 2.45) is 7.05 Å². The Morgan fingerprint density at radius 2 is 1.73 bits per heavy atom. The molecule has 0 aliphatic carbocycles. The Bertz CT molecular complexity index is 1350. The maximum atomic E-state index is 8.24. The number of hydrogen-bond acceptors (Lipinski definition) is 0. The van der Waals surface area contributed by atoms with Gasteiger partial charge in [0.25, 0.3) is 5.65 Å². The van der Waals surface area contributed by atoms with E-state index in [4.69, 9.17) is 4.11 Å². The van der Waals surface area contributed by atoms with Crippen molar-refractivity contribution in [2.45, 2.75) is 52.3 Å². The Morgan fingerprint density at radius 3 is 2.46 bits per heavy atom. The topological polar surface area (TPSA) is 8.29 Å². The predicted octanol–water partition coefficient (Wildman–Crippen LogP) is 5.26. The van der Waals surface area contributed by atoms with Gasteiger partial charge < -0.3 is 0 Å². The van der Waals surface area contributed by atoms with Crippen molar-refractivity contribution in [1.29, 1.82) is 0 Å². The minimum Gasteiger partial charge on any atom is -0.232 e. The zero-order valence-corrected chi connectivity index (χ0v) is 16.4. The Morgan fingerprint density at radius 1 is 0.962 bits per heavy atom. The SMILES string of the molecule is [2H]C([2H])([2H])c1ccc2c3c1c1cccc(C)c1c1n3c(c[n+]1C)C(C)(C)C2(C)C. The van der Waals surface area contributed by atoms with E-state index in [1.54, 1.807) is 0 Å². The fraction of sp³-hybridized carbons (Fsp3) is 0.375. The molecule has 1 aliphatic rings. The van der Waals surface area contributed by atoms with Gasteiger partial charge in [0.2, 0.25) is 0 Å². The van der Waals surface area contributed by atoms with Gasteiger partial charge >= 0.3 is 0 Å². The van der Waals surface area contributed by atoms with Crippen molar-refractivity contribution in [3.05, 3.63) is 58.9 Å². The van der Waals surface area contributed by atoms with Gasteiger partial charge in [-0.2, -0.15) is 4.40 Å². The maximum absolute atomic E-state index is 8.24. The van der Waals surface area contributed by atoms with E-state index in [-0.39, 0.29) is 10.8 Å². The molecule has 1 aliphatic heterocycles. The van der Waals surface area contributed by atoms with Crippen LogP contribution in [0.3, 0.4) is 0 Å². The quantitative estimate of drug-likeness (QED) is 0.303. The van der Waals surface area contributed by atoms with Crippen molar-refractivity contribution in [1.82, 2.24) is 4.40 Å². The van der Waals surface area contributed by atoms with Crippen LogP contribution in [0.5, 0.6) is 0 Å². The van der Waals surface area contributed by atoms with Crippen LogP contribution in [0.2, 0.25) is 0 Å². The molecule has 4 aromatic rings. The molecule has 2 aromatic heterocycles. The van der Waals surface area contributed by atoms with Crippen LogP contribution in [0.25, 0.3) is 27.3 Å². The number of fused-ring (bicyclic) bond motifs is 3. The summed E-state index contributed by atoms with van der Waals surface area (Å²) in [6, 6.07) is 10.1. The number of nitrogens with zero attached hydrogens (tertiary/aromatic N) is 2. The molecule has 2 heteroatoms. The van der Waals surface area contributed by atoms with Crippen LogP contribution in [-0.4, -0.2) is 4.40 Å². The van der Waals surface area contributed by atoms with E-state index < -0.39 is 6.85 Å². The van der Waals surface area contributed by atoms with Gasteiger partial charge in [0.15, 0.2) is 5.69 Å². The zero-order valence-electron chi connectivity index (χ0n) is 19.4. The molecule has 0 bridgehead atoms. The highest BCUT2D eigenvalue weighted by molar-refractivity contribution is 6.14. The lowest BCUT2D eigenvalue weighted by molar-refractivity contribution is -0.643. The Hall–Kier alpha value is -2.35. The molecule has 0 saturated carbocycles. The van der Waals surface area contributed by atoms with Gasteiger partial charge in [-0.3, -0.25) is 0 Å². The second-order valence-electron chi connectivity index (χ2n) is 8.92. The third-order valence-corrected chi connectivity index (χ3v) is 7.15. The molecule has 3 heterocycles. The van der Waals surface area contributed by atoms with Crippen LogP contribution >= 0.6 is 0 Å². The van der Waals surface area contributed by atoms with Crippen LogP contribution in [0.1, 0.15) is 54.2 Å². The van der Waals surface area contributed by atoms with Crippen molar-refractivity contribution in [3.63, 3.8) is 0 Å². The van der Waals surface area contributed by atoms with Crippen LogP contribution in [0.4, 0.5) is 0 Å². The molecule has 26 heavy (non-hydrogen) atoms. The highest BCUT2D eigenvalue weighted by atomic mass is 15.1. The van der Waals surface area contributed by atoms with E-state index in [9.17, 15) is 0 Å². The van der Waals surface area contributed by atoms with Crippen LogP contribution in [0, 0.1) is 13.8 Å². The number of pyridine rings is 1. The number of rotatable bonds is 0. The lowest BCUT2D eigenvalue weighted by atomic mass is 9.60.